The summed E-state index contributed by atoms with van der Waals surface area (Å²) < 4.78 is 0. The van der Waals surface area contributed by atoms with E-state index in [0.717, 1.165) is 34.5 Å². The number of halogens is 1. The van der Waals surface area contributed by atoms with E-state index >= 15 is 0 Å². The highest BCUT2D eigenvalue weighted by Gasteiger charge is 2.32. The van der Waals surface area contributed by atoms with Crippen molar-refractivity contribution in [1.29, 1.82) is 0 Å². The molecule has 2 heterocycles. The van der Waals surface area contributed by atoms with Gasteiger partial charge in [0.2, 0.25) is 0 Å². The third-order valence-corrected chi connectivity index (χ3v) is 8.25. The van der Waals surface area contributed by atoms with Crippen molar-refractivity contribution in [3.05, 3.63) is 89.1 Å². The smallest absolute Gasteiger partial charge is 0.134 e. The number of aromatic nitrogens is 1. The van der Waals surface area contributed by atoms with Crippen LogP contribution in [0, 0.1) is 0 Å². The standard InChI is InChI=1S/C29H32ClN3OS/c1-29(2,15-20-11-12-21-7-3-4-8-22(21)13-20)31-16-27(34)26-18-35-19-33(26)17-24-14-23-9-5-6-10-25(23)32-28(24)30/h3-14,26-27,31,34H,15-19H2,1-2H3. The van der Waals surface area contributed by atoms with E-state index in [1.165, 1.54) is 16.3 Å². The SMILES string of the molecule is CC(C)(Cc1ccc2ccccc2c1)NCC(O)C1CSCN1Cc1cc2ccccc2nc1Cl. The van der Waals surface area contributed by atoms with Crippen molar-refractivity contribution in [3.63, 3.8) is 0 Å². The van der Waals surface area contributed by atoms with Crippen LogP contribution in [-0.2, 0) is 13.0 Å². The van der Waals surface area contributed by atoms with Crippen LogP contribution >= 0.6 is 23.4 Å². The van der Waals surface area contributed by atoms with Crippen molar-refractivity contribution >= 4 is 45.0 Å². The normalized spacial score (nSPS) is 17.9. The Bertz CT molecular complexity index is 1330. The molecule has 5 rings (SSSR count). The van der Waals surface area contributed by atoms with Crippen LogP contribution in [0.25, 0.3) is 21.7 Å². The van der Waals surface area contributed by atoms with Gasteiger partial charge in [0.15, 0.2) is 0 Å². The van der Waals surface area contributed by atoms with E-state index in [2.05, 4.69) is 83.6 Å². The molecule has 1 saturated heterocycles. The van der Waals surface area contributed by atoms with Gasteiger partial charge in [-0.1, -0.05) is 72.3 Å². The molecular formula is C29H32ClN3OS. The second kappa shape index (κ2) is 10.5. The number of hydrogen-bond acceptors (Lipinski definition) is 5. The van der Waals surface area contributed by atoms with Crippen molar-refractivity contribution in [3.8, 4) is 0 Å². The van der Waals surface area contributed by atoms with E-state index in [1.54, 1.807) is 0 Å². The summed E-state index contributed by atoms with van der Waals surface area (Å²) >= 11 is 8.38. The zero-order chi connectivity index (χ0) is 24.4. The molecule has 6 heteroatoms. The van der Waals surface area contributed by atoms with E-state index in [-0.39, 0.29) is 11.6 Å². The molecule has 0 aliphatic carbocycles. The Hall–Kier alpha value is -2.15. The molecule has 0 saturated carbocycles. The van der Waals surface area contributed by atoms with Crippen LogP contribution in [-0.4, -0.2) is 50.8 Å². The first-order chi connectivity index (χ1) is 16.9. The topological polar surface area (TPSA) is 48.4 Å². The Morgan fingerprint density at radius 1 is 1.06 bits per heavy atom. The number of para-hydroxylation sites is 1. The van der Waals surface area contributed by atoms with Crippen LogP contribution in [0.2, 0.25) is 5.15 Å². The molecule has 3 aromatic carbocycles. The highest BCUT2D eigenvalue weighted by Crippen LogP contribution is 2.29. The van der Waals surface area contributed by atoms with Gasteiger partial charge in [0, 0.05) is 47.2 Å². The first-order valence-corrected chi connectivity index (χ1v) is 13.7. The molecule has 0 radical (unpaired) electrons. The Labute approximate surface area is 216 Å². The molecule has 4 aromatic rings. The molecule has 2 N–H and O–H groups in total. The zero-order valence-electron chi connectivity index (χ0n) is 20.2. The molecule has 0 bridgehead atoms. The van der Waals surface area contributed by atoms with Crippen molar-refractivity contribution in [2.45, 2.75) is 44.5 Å². The van der Waals surface area contributed by atoms with Crippen LogP contribution in [0.15, 0.2) is 72.8 Å². The number of nitrogens with zero attached hydrogens (tertiary/aromatic N) is 2. The van der Waals surface area contributed by atoms with Crippen molar-refractivity contribution < 1.29 is 5.11 Å². The molecule has 2 atom stereocenters. The first kappa shape index (κ1) is 24.5. The van der Waals surface area contributed by atoms with Gasteiger partial charge in [-0.05, 0) is 48.7 Å². The summed E-state index contributed by atoms with van der Waals surface area (Å²) in [6.45, 7) is 5.64. The average Bonchev–Trinajstić information content (AvgIpc) is 3.31. The van der Waals surface area contributed by atoms with Gasteiger partial charge in [-0.15, -0.1) is 11.8 Å². The lowest BCUT2D eigenvalue weighted by Gasteiger charge is -2.32. The molecule has 0 amide bonds. The van der Waals surface area contributed by atoms with Crippen LogP contribution < -0.4 is 5.32 Å². The van der Waals surface area contributed by atoms with Crippen LogP contribution in [0.4, 0.5) is 0 Å². The second-order valence-corrected chi connectivity index (χ2v) is 11.5. The summed E-state index contributed by atoms with van der Waals surface area (Å²) in [6, 6.07) is 25.4. The van der Waals surface area contributed by atoms with Gasteiger partial charge >= 0.3 is 0 Å². The average molecular weight is 506 g/mol. The molecule has 182 valence electrons. The number of fused-ring (bicyclic) bond motifs is 2. The number of aliphatic hydroxyl groups is 1. The van der Waals surface area contributed by atoms with Gasteiger partial charge in [-0.3, -0.25) is 4.90 Å². The van der Waals surface area contributed by atoms with Crippen molar-refractivity contribution in [2.75, 3.05) is 18.2 Å². The van der Waals surface area contributed by atoms with E-state index in [9.17, 15) is 5.11 Å². The van der Waals surface area contributed by atoms with Gasteiger partial charge in [0.25, 0.3) is 0 Å². The summed E-state index contributed by atoms with van der Waals surface area (Å²) in [5.74, 6) is 1.79. The molecule has 2 unspecified atom stereocenters. The molecule has 1 aliphatic rings. The summed E-state index contributed by atoms with van der Waals surface area (Å²) in [6.07, 6.45) is 0.430. The number of benzene rings is 3. The molecule has 35 heavy (non-hydrogen) atoms. The largest absolute Gasteiger partial charge is 0.390 e. The van der Waals surface area contributed by atoms with Gasteiger partial charge in [-0.2, -0.15) is 0 Å². The number of β-amino-alcohol motifs (C(OH)–C–C–N with tert-alkyl or cyclic N) is 1. The van der Waals surface area contributed by atoms with E-state index < -0.39 is 6.10 Å². The Morgan fingerprint density at radius 2 is 1.80 bits per heavy atom. The van der Waals surface area contributed by atoms with Crippen LogP contribution in [0.1, 0.15) is 25.0 Å². The number of nitrogens with one attached hydrogen (secondary N) is 1. The summed E-state index contributed by atoms with van der Waals surface area (Å²) in [5, 5.41) is 18.9. The highest BCUT2D eigenvalue weighted by atomic mass is 35.5. The lowest BCUT2D eigenvalue weighted by atomic mass is 9.93. The first-order valence-electron chi connectivity index (χ1n) is 12.1. The molecule has 1 aliphatic heterocycles. The molecular weight excluding hydrogens is 474 g/mol. The van der Waals surface area contributed by atoms with Gasteiger partial charge in [-0.25, -0.2) is 4.98 Å². The van der Waals surface area contributed by atoms with Crippen LogP contribution in [0.5, 0.6) is 0 Å². The second-order valence-electron chi connectivity index (χ2n) is 10.1. The number of rotatable bonds is 8. The predicted octanol–water partition coefficient (Wildman–Crippen LogP) is 5.89. The van der Waals surface area contributed by atoms with E-state index in [1.807, 2.05) is 30.0 Å². The monoisotopic (exact) mass is 505 g/mol. The fourth-order valence-corrected chi connectivity index (χ4v) is 6.42. The van der Waals surface area contributed by atoms with Gasteiger partial charge < -0.3 is 10.4 Å². The maximum absolute atomic E-state index is 11.1. The minimum absolute atomic E-state index is 0.0755. The number of aliphatic hydroxyl groups excluding tert-OH is 1. The Kier molecular flexibility index (Phi) is 7.33. The lowest BCUT2D eigenvalue weighted by Crippen LogP contribution is -2.50. The maximum Gasteiger partial charge on any atom is 0.134 e. The lowest BCUT2D eigenvalue weighted by molar-refractivity contribution is 0.0684. The highest BCUT2D eigenvalue weighted by molar-refractivity contribution is 7.99. The minimum atomic E-state index is -0.465. The predicted molar refractivity (Wildman–Crippen MR) is 149 cm³/mol. The fraction of sp³-hybridized carbons (Fsp3) is 0.345. The summed E-state index contributed by atoms with van der Waals surface area (Å²) in [7, 11) is 0. The summed E-state index contributed by atoms with van der Waals surface area (Å²) in [5.41, 5.74) is 3.08. The molecule has 0 spiro atoms. The van der Waals surface area contributed by atoms with Gasteiger partial charge in [0.1, 0.15) is 5.15 Å². The number of pyridine rings is 1. The number of hydrogen-bond donors (Lipinski definition) is 2. The van der Waals surface area contributed by atoms with E-state index in [4.69, 9.17) is 11.6 Å². The zero-order valence-corrected chi connectivity index (χ0v) is 21.8. The quantitative estimate of drug-likeness (QED) is 0.292. The fourth-order valence-electron chi connectivity index (χ4n) is 4.91. The maximum atomic E-state index is 11.1. The van der Waals surface area contributed by atoms with Crippen molar-refractivity contribution in [2.24, 2.45) is 0 Å². The third kappa shape index (κ3) is 5.82. The third-order valence-electron chi connectivity index (χ3n) is 6.83. The van der Waals surface area contributed by atoms with Gasteiger partial charge in [0.05, 0.1) is 11.6 Å². The number of thioether (sulfide) groups is 1. The summed E-state index contributed by atoms with van der Waals surface area (Å²) in [4.78, 5) is 6.90. The van der Waals surface area contributed by atoms with E-state index in [0.29, 0.717) is 18.2 Å². The molecule has 1 aromatic heterocycles. The minimum Gasteiger partial charge on any atom is -0.390 e. The van der Waals surface area contributed by atoms with Crippen molar-refractivity contribution in [1.82, 2.24) is 15.2 Å². The molecule has 1 fully saturated rings. The van der Waals surface area contributed by atoms with Crippen LogP contribution in [0.3, 0.4) is 0 Å². The Balaban J connectivity index is 1.21. The Morgan fingerprint density at radius 3 is 2.63 bits per heavy atom. The molecule has 4 nitrogen and oxygen atoms in total.